The molecule has 0 radical (unpaired) electrons. The normalized spacial score (nSPS) is 11.7. The summed E-state index contributed by atoms with van der Waals surface area (Å²) >= 11 is 1.86. The molecule has 2 heterocycles. The maximum Gasteiger partial charge on any atom is 0.0555 e. The number of anilines is 3. The first-order valence-electron chi connectivity index (χ1n) is 16.7. The number of hydrogen-bond donors (Lipinski definition) is 0. The van der Waals surface area contributed by atoms with Gasteiger partial charge in [-0.3, -0.25) is 0 Å². The van der Waals surface area contributed by atoms with Crippen LogP contribution in [0.2, 0.25) is 0 Å². The second-order valence-electron chi connectivity index (χ2n) is 12.5. The Kier molecular flexibility index (Phi) is 6.39. The molecule has 0 fully saturated rings. The number of fused-ring (bicyclic) bond motifs is 8. The van der Waals surface area contributed by atoms with E-state index < -0.39 is 0 Å². The van der Waals surface area contributed by atoms with Gasteiger partial charge in [-0.15, -0.1) is 11.3 Å². The number of hydrogen-bond acceptors (Lipinski definition) is 2. The zero-order valence-electron chi connectivity index (χ0n) is 26.6. The van der Waals surface area contributed by atoms with Crippen molar-refractivity contribution in [1.82, 2.24) is 4.57 Å². The van der Waals surface area contributed by atoms with Crippen molar-refractivity contribution in [3.63, 3.8) is 0 Å². The zero-order valence-corrected chi connectivity index (χ0v) is 27.4. The fourth-order valence-corrected chi connectivity index (χ4v) is 8.79. The second-order valence-corrected chi connectivity index (χ2v) is 13.6. The van der Waals surface area contributed by atoms with Crippen molar-refractivity contribution in [2.24, 2.45) is 0 Å². The highest BCUT2D eigenvalue weighted by Gasteiger charge is 2.22. The molecule has 230 valence electrons. The van der Waals surface area contributed by atoms with Gasteiger partial charge in [0.15, 0.2) is 0 Å². The van der Waals surface area contributed by atoms with E-state index in [4.69, 9.17) is 0 Å². The molecular formula is C46H30N2S. The van der Waals surface area contributed by atoms with Crippen LogP contribution in [0.5, 0.6) is 0 Å². The van der Waals surface area contributed by atoms with Gasteiger partial charge in [-0.2, -0.15) is 0 Å². The van der Waals surface area contributed by atoms with Gasteiger partial charge in [0, 0.05) is 47.7 Å². The van der Waals surface area contributed by atoms with Crippen LogP contribution in [-0.4, -0.2) is 4.57 Å². The highest BCUT2D eigenvalue weighted by Crippen LogP contribution is 2.48. The molecule has 2 nitrogen and oxygen atoms in total. The number of para-hydroxylation sites is 2. The number of thiophene rings is 1. The molecule has 0 atom stereocenters. The lowest BCUT2D eigenvalue weighted by atomic mass is 9.99. The first-order chi connectivity index (χ1) is 24.3. The minimum absolute atomic E-state index is 1.13. The highest BCUT2D eigenvalue weighted by molar-refractivity contribution is 7.26. The van der Waals surface area contributed by atoms with Crippen molar-refractivity contribution in [2.75, 3.05) is 4.90 Å². The zero-order chi connectivity index (χ0) is 32.3. The predicted molar refractivity (Wildman–Crippen MR) is 211 cm³/mol. The fraction of sp³-hybridized carbons (Fsp3) is 0. The number of nitrogens with zero attached hydrogens (tertiary/aromatic N) is 2. The van der Waals surface area contributed by atoms with E-state index in [2.05, 4.69) is 191 Å². The molecule has 49 heavy (non-hydrogen) atoms. The lowest BCUT2D eigenvalue weighted by Crippen LogP contribution is -2.11. The molecule has 0 saturated heterocycles. The van der Waals surface area contributed by atoms with E-state index in [9.17, 15) is 0 Å². The van der Waals surface area contributed by atoms with E-state index in [1.54, 1.807) is 0 Å². The molecule has 0 saturated carbocycles. The van der Waals surface area contributed by atoms with Gasteiger partial charge in [-0.1, -0.05) is 121 Å². The van der Waals surface area contributed by atoms with Crippen molar-refractivity contribution >= 4 is 81.1 Å². The van der Waals surface area contributed by atoms with Gasteiger partial charge in [0.1, 0.15) is 0 Å². The largest absolute Gasteiger partial charge is 0.309 e. The van der Waals surface area contributed by atoms with E-state index in [0.29, 0.717) is 0 Å². The lowest BCUT2D eigenvalue weighted by Gasteiger charge is -2.28. The van der Waals surface area contributed by atoms with Crippen molar-refractivity contribution in [1.29, 1.82) is 0 Å². The van der Waals surface area contributed by atoms with Gasteiger partial charge >= 0.3 is 0 Å². The van der Waals surface area contributed by atoms with Crippen LogP contribution in [0.3, 0.4) is 0 Å². The molecule has 0 aliphatic rings. The molecular weight excluding hydrogens is 613 g/mol. The molecule has 0 N–H and O–H groups in total. The number of benzene rings is 8. The van der Waals surface area contributed by atoms with Crippen molar-refractivity contribution in [2.45, 2.75) is 0 Å². The van der Waals surface area contributed by atoms with Gasteiger partial charge in [0.25, 0.3) is 0 Å². The summed E-state index contributed by atoms with van der Waals surface area (Å²) in [7, 11) is 0. The maximum absolute atomic E-state index is 2.48. The molecule has 0 unspecified atom stereocenters. The topological polar surface area (TPSA) is 8.17 Å². The third kappa shape index (κ3) is 4.40. The Bertz CT molecular complexity index is 2830. The second kappa shape index (κ2) is 11.2. The van der Waals surface area contributed by atoms with E-state index in [1.165, 1.54) is 75.3 Å². The Morgan fingerprint density at radius 2 is 1.04 bits per heavy atom. The van der Waals surface area contributed by atoms with Crippen molar-refractivity contribution in [3.05, 3.63) is 182 Å². The first kappa shape index (κ1) is 27.9. The van der Waals surface area contributed by atoms with Crippen LogP contribution in [-0.2, 0) is 0 Å². The van der Waals surface area contributed by atoms with E-state index in [1.807, 2.05) is 11.3 Å². The molecule has 2 aromatic heterocycles. The quantitative estimate of drug-likeness (QED) is 0.181. The van der Waals surface area contributed by atoms with Crippen LogP contribution in [0.1, 0.15) is 0 Å². The van der Waals surface area contributed by atoms with E-state index >= 15 is 0 Å². The van der Waals surface area contributed by atoms with Crippen molar-refractivity contribution < 1.29 is 0 Å². The van der Waals surface area contributed by atoms with Crippen LogP contribution in [0.4, 0.5) is 17.1 Å². The van der Waals surface area contributed by atoms with Gasteiger partial charge in [-0.05, 0) is 77.2 Å². The maximum atomic E-state index is 2.48. The standard InChI is InChI=1S/C46H30N2S/c1-3-14-31(15-4-1)32-16-11-19-34(30-32)48(41-25-13-27-44-46(41)38-21-8-10-26-43(38)49-44)39-24-12-22-36-35(39)28-29-42-45(36)37-20-7-9-23-40(37)47(42)33-17-5-2-6-18-33/h1-30H. The van der Waals surface area contributed by atoms with Gasteiger partial charge < -0.3 is 9.47 Å². The minimum Gasteiger partial charge on any atom is -0.309 e. The summed E-state index contributed by atoms with van der Waals surface area (Å²) in [5, 5.41) is 7.56. The van der Waals surface area contributed by atoms with Crippen LogP contribution in [0.15, 0.2) is 182 Å². The van der Waals surface area contributed by atoms with E-state index in [-0.39, 0.29) is 0 Å². The summed E-state index contributed by atoms with van der Waals surface area (Å²) in [4.78, 5) is 2.48. The summed E-state index contributed by atoms with van der Waals surface area (Å²) in [6.45, 7) is 0. The first-order valence-corrected chi connectivity index (χ1v) is 17.5. The fourth-order valence-electron chi connectivity index (χ4n) is 7.66. The number of aromatic nitrogens is 1. The van der Waals surface area contributed by atoms with Crippen molar-refractivity contribution in [3.8, 4) is 16.8 Å². The third-order valence-corrected chi connectivity index (χ3v) is 10.9. The average Bonchev–Trinajstić information content (AvgIpc) is 3.72. The van der Waals surface area contributed by atoms with Crippen LogP contribution >= 0.6 is 11.3 Å². The van der Waals surface area contributed by atoms with Gasteiger partial charge in [-0.25, -0.2) is 0 Å². The molecule has 3 heteroatoms. The SMILES string of the molecule is c1ccc(-c2cccc(N(c3cccc4c3ccc3c4c4ccccc4n3-c3ccccc3)c3cccc4sc5ccccc5c34)c2)cc1. The number of rotatable bonds is 5. The lowest BCUT2D eigenvalue weighted by molar-refractivity contribution is 1.18. The Morgan fingerprint density at radius 3 is 1.92 bits per heavy atom. The molecule has 0 aliphatic carbocycles. The minimum atomic E-state index is 1.13. The van der Waals surface area contributed by atoms with Gasteiger partial charge in [0.05, 0.1) is 22.4 Å². The summed E-state index contributed by atoms with van der Waals surface area (Å²) in [5.41, 5.74) is 9.45. The molecule has 0 amide bonds. The monoisotopic (exact) mass is 642 g/mol. The molecule has 0 spiro atoms. The summed E-state index contributed by atoms with van der Waals surface area (Å²) < 4.78 is 4.99. The molecule has 0 bridgehead atoms. The van der Waals surface area contributed by atoms with Crippen LogP contribution in [0, 0.1) is 0 Å². The Balaban J connectivity index is 1.30. The average molecular weight is 643 g/mol. The third-order valence-electron chi connectivity index (χ3n) is 9.76. The Labute approximate surface area is 288 Å². The molecule has 0 aliphatic heterocycles. The van der Waals surface area contributed by atoms with E-state index in [0.717, 1.165) is 11.4 Å². The summed E-state index contributed by atoms with van der Waals surface area (Å²) in [6, 6.07) is 66.2. The van der Waals surface area contributed by atoms with Crippen LogP contribution < -0.4 is 4.90 Å². The molecule has 8 aromatic carbocycles. The van der Waals surface area contributed by atoms with Gasteiger partial charge in [0.2, 0.25) is 0 Å². The Morgan fingerprint density at radius 1 is 0.388 bits per heavy atom. The highest BCUT2D eigenvalue weighted by atomic mass is 32.1. The molecule has 10 rings (SSSR count). The Hall–Kier alpha value is -6.16. The predicted octanol–water partition coefficient (Wildman–Crippen LogP) is 13.4. The smallest absolute Gasteiger partial charge is 0.0555 e. The van der Waals surface area contributed by atoms with Crippen LogP contribution in [0.25, 0.3) is 69.6 Å². The summed E-state index contributed by atoms with van der Waals surface area (Å²) in [6.07, 6.45) is 0. The summed E-state index contributed by atoms with van der Waals surface area (Å²) in [5.74, 6) is 0. The molecule has 10 aromatic rings.